The summed E-state index contributed by atoms with van der Waals surface area (Å²) in [4.78, 5) is 18.0. The van der Waals surface area contributed by atoms with Crippen molar-refractivity contribution in [3.8, 4) is 11.5 Å². The van der Waals surface area contributed by atoms with Crippen LogP contribution in [0.25, 0.3) is 0 Å². The van der Waals surface area contributed by atoms with Gasteiger partial charge in [0.2, 0.25) is 0 Å². The largest absolute Gasteiger partial charge is 0.493 e. The quantitative estimate of drug-likeness (QED) is 0.870. The molecule has 7 heteroatoms. The van der Waals surface area contributed by atoms with E-state index in [2.05, 4.69) is 15.6 Å². The van der Waals surface area contributed by atoms with Crippen LogP contribution in [0.2, 0.25) is 0 Å². The van der Waals surface area contributed by atoms with E-state index in [-0.39, 0.29) is 5.91 Å². The number of methoxy groups -OCH3 is 2. The molecule has 2 aromatic rings. The van der Waals surface area contributed by atoms with E-state index in [1.165, 1.54) is 4.88 Å². The number of ether oxygens (including phenoxy) is 2. The number of amides is 1. The molecule has 1 aromatic heterocycles. The molecule has 0 bridgehead atoms. The Morgan fingerprint density at radius 2 is 2.00 bits per heavy atom. The molecular formula is C17H21N3O3S. The molecule has 0 spiro atoms. The summed E-state index contributed by atoms with van der Waals surface area (Å²) in [6.07, 6.45) is 4.11. The van der Waals surface area contributed by atoms with Gasteiger partial charge in [-0.3, -0.25) is 10.1 Å². The van der Waals surface area contributed by atoms with Crippen LogP contribution in [-0.4, -0.2) is 38.2 Å². The highest BCUT2D eigenvalue weighted by atomic mass is 32.1. The van der Waals surface area contributed by atoms with Crippen LogP contribution >= 0.6 is 11.3 Å². The Hall–Kier alpha value is -2.12. The van der Waals surface area contributed by atoms with Gasteiger partial charge in [0.1, 0.15) is 0 Å². The molecule has 1 aliphatic heterocycles. The third kappa shape index (κ3) is 3.68. The normalized spacial score (nSPS) is 15.1. The van der Waals surface area contributed by atoms with Crippen LogP contribution in [0.15, 0.2) is 24.4 Å². The lowest BCUT2D eigenvalue weighted by Crippen LogP contribution is -2.26. The number of nitrogens with zero attached hydrogens (tertiary/aromatic N) is 1. The molecule has 1 aliphatic rings. The maximum atomic E-state index is 12.4. The minimum absolute atomic E-state index is 0.206. The van der Waals surface area contributed by atoms with Gasteiger partial charge >= 0.3 is 0 Å². The van der Waals surface area contributed by atoms with Gasteiger partial charge in [-0.25, -0.2) is 4.98 Å². The van der Waals surface area contributed by atoms with Crippen molar-refractivity contribution in [2.24, 2.45) is 0 Å². The second-order valence-corrected chi connectivity index (χ2v) is 6.68. The van der Waals surface area contributed by atoms with Gasteiger partial charge in [0.25, 0.3) is 5.91 Å². The summed E-state index contributed by atoms with van der Waals surface area (Å²) in [5, 5.41) is 6.85. The van der Waals surface area contributed by atoms with Crippen molar-refractivity contribution in [2.45, 2.75) is 18.8 Å². The van der Waals surface area contributed by atoms with E-state index in [0.717, 1.165) is 25.9 Å². The van der Waals surface area contributed by atoms with Gasteiger partial charge in [0.15, 0.2) is 16.6 Å². The Morgan fingerprint density at radius 1 is 1.25 bits per heavy atom. The summed E-state index contributed by atoms with van der Waals surface area (Å²) in [5.74, 6) is 1.45. The number of aromatic nitrogens is 1. The van der Waals surface area contributed by atoms with Crippen LogP contribution in [0.1, 0.15) is 34.0 Å². The lowest BCUT2D eigenvalue weighted by molar-refractivity contribution is 0.102. The van der Waals surface area contributed by atoms with Gasteiger partial charge in [0.05, 0.1) is 14.2 Å². The zero-order valence-corrected chi connectivity index (χ0v) is 14.6. The molecule has 0 atom stereocenters. The molecule has 6 nitrogen and oxygen atoms in total. The van der Waals surface area contributed by atoms with Gasteiger partial charge in [-0.05, 0) is 50.0 Å². The molecule has 2 N–H and O–H groups in total. The number of nitrogens with one attached hydrogen (secondary N) is 2. The first-order valence-electron chi connectivity index (χ1n) is 7.91. The third-order valence-electron chi connectivity index (χ3n) is 4.13. The van der Waals surface area contributed by atoms with E-state index < -0.39 is 0 Å². The third-order valence-corrected chi connectivity index (χ3v) is 5.21. The Morgan fingerprint density at radius 3 is 2.71 bits per heavy atom. The molecule has 1 aromatic carbocycles. The van der Waals surface area contributed by atoms with Crippen molar-refractivity contribution < 1.29 is 14.3 Å². The number of thiazole rings is 1. The molecule has 3 rings (SSSR count). The molecule has 1 fully saturated rings. The summed E-state index contributed by atoms with van der Waals surface area (Å²) in [5.41, 5.74) is 0.506. The van der Waals surface area contributed by atoms with E-state index in [1.54, 1.807) is 43.8 Å². The SMILES string of the molecule is COc1ccc(C(=O)Nc2ncc(C3CCNCC3)s2)cc1OC. The summed E-state index contributed by atoms with van der Waals surface area (Å²) in [6.45, 7) is 2.08. The molecule has 2 heterocycles. The minimum atomic E-state index is -0.206. The van der Waals surface area contributed by atoms with E-state index >= 15 is 0 Å². The highest BCUT2D eigenvalue weighted by Crippen LogP contribution is 2.32. The first-order valence-corrected chi connectivity index (χ1v) is 8.72. The Bertz CT molecular complexity index is 711. The standard InChI is InChI=1S/C17H21N3O3S/c1-22-13-4-3-12(9-14(13)23-2)16(21)20-17-19-10-15(24-17)11-5-7-18-8-6-11/h3-4,9-11,18H,5-8H2,1-2H3,(H,19,20,21). The van der Waals surface area contributed by atoms with Crippen molar-refractivity contribution in [2.75, 3.05) is 32.6 Å². The van der Waals surface area contributed by atoms with Gasteiger partial charge in [-0.15, -0.1) is 11.3 Å². The van der Waals surface area contributed by atoms with E-state index in [1.807, 2.05) is 6.20 Å². The van der Waals surface area contributed by atoms with Crippen LogP contribution < -0.4 is 20.1 Å². The molecule has 0 radical (unpaired) electrons. The van der Waals surface area contributed by atoms with Crippen LogP contribution in [0.3, 0.4) is 0 Å². The van der Waals surface area contributed by atoms with Crippen molar-refractivity contribution >= 4 is 22.4 Å². The van der Waals surface area contributed by atoms with Crippen molar-refractivity contribution in [1.82, 2.24) is 10.3 Å². The van der Waals surface area contributed by atoms with Gasteiger partial charge < -0.3 is 14.8 Å². The average Bonchev–Trinajstić information content (AvgIpc) is 3.10. The molecule has 128 valence electrons. The van der Waals surface area contributed by atoms with Crippen LogP contribution in [0.4, 0.5) is 5.13 Å². The molecule has 0 aliphatic carbocycles. The second-order valence-electron chi connectivity index (χ2n) is 5.62. The number of piperidine rings is 1. The fraction of sp³-hybridized carbons (Fsp3) is 0.412. The number of benzene rings is 1. The predicted molar refractivity (Wildman–Crippen MR) is 94.5 cm³/mol. The average molecular weight is 347 g/mol. The first-order chi connectivity index (χ1) is 11.7. The lowest BCUT2D eigenvalue weighted by atomic mass is 9.97. The van der Waals surface area contributed by atoms with Gasteiger partial charge in [-0.1, -0.05) is 0 Å². The number of rotatable bonds is 5. The van der Waals surface area contributed by atoms with Gasteiger partial charge in [-0.2, -0.15) is 0 Å². The Labute approximate surface area is 145 Å². The number of hydrogen-bond donors (Lipinski definition) is 2. The van der Waals surface area contributed by atoms with Crippen LogP contribution in [0, 0.1) is 0 Å². The van der Waals surface area contributed by atoms with E-state index in [9.17, 15) is 4.79 Å². The summed E-state index contributed by atoms with van der Waals surface area (Å²) in [7, 11) is 3.11. The summed E-state index contributed by atoms with van der Waals surface area (Å²) >= 11 is 1.55. The monoisotopic (exact) mass is 347 g/mol. The first kappa shape index (κ1) is 16.7. The lowest BCUT2D eigenvalue weighted by Gasteiger charge is -2.20. The second kappa shape index (κ2) is 7.63. The zero-order valence-electron chi connectivity index (χ0n) is 13.8. The molecule has 24 heavy (non-hydrogen) atoms. The maximum Gasteiger partial charge on any atom is 0.257 e. The van der Waals surface area contributed by atoms with Crippen molar-refractivity contribution in [1.29, 1.82) is 0 Å². The molecule has 1 amide bonds. The molecule has 1 saturated heterocycles. The fourth-order valence-electron chi connectivity index (χ4n) is 2.79. The van der Waals surface area contributed by atoms with E-state index in [4.69, 9.17) is 9.47 Å². The molecule has 0 unspecified atom stereocenters. The number of hydrogen-bond acceptors (Lipinski definition) is 6. The Kier molecular flexibility index (Phi) is 5.32. The van der Waals surface area contributed by atoms with Crippen LogP contribution in [-0.2, 0) is 0 Å². The van der Waals surface area contributed by atoms with Crippen molar-refractivity contribution in [3.05, 3.63) is 34.8 Å². The van der Waals surface area contributed by atoms with Crippen molar-refractivity contribution in [3.63, 3.8) is 0 Å². The summed E-state index contributed by atoms with van der Waals surface area (Å²) in [6, 6.07) is 5.09. The molecule has 0 saturated carbocycles. The predicted octanol–water partition coefficient (Wildman–Crippen LogP) is 2.88. The fourth-order valence-corrected chi connectivity index (χ4v) is 3.77. The zero-order chi connectivity index (χ0) is 16.9. The number of carbonyl (C=O) groups is 1. The Balaban J connectivity index is 1.69. The smallest absolute Gasteiger partial charge is 0.257 e. The van der Waals surface area contributed by atoms with E-state index in [0.29, 0.717) is 28.1 Å². The highest BCUT2D eigenvalue weighted by molar-refractivity contribution is 7.15. The highest BCUT2D eigenvalue weighted by Gasteiger charge is 2.19. The molecular weight excluding hydrogens is 326 g/mol. The number of carbonyl (C=O) groups excluding carboxylic acids is 1. The minimum Gasteiger partial charge on any atom is -0.493 e. The topological polar surface area (TPSA) is 72.5 Å². The summed E-state index contributed by atoms with van der Waals surface area (Å²) < 4.78 is 10.4. The maximum absolute atomic E-state index is 12.4. The number of anilines is 1. The van der Waals surface area contributed by atoms with Crippen LogP contribution in [0.5, 0.6) is 11.5 Å². The van der Waals surface area contributed by atoms with Gasteiger partial charge in [0, 0.05) is 16.6 Å².